The second kappa shape index (κ2) is 8.74. The topological polar surface area (TPSA) is 113 Å². The van der Waals surface area contributed by atoms with E-state index >= 15 is 0 Å². The zero-order valence-electron chi connectivity index (χ0n) is 16.5. The van der Waals surface area contributed by atoms with Crippen LogP contribution in [-0.2, 0) is 6.54 Å². The number of nitrogens with two attached hydrogens (primary N) is 1. The summed E-state index contributed by atoms with van der Waals surface area (Å²) in [5.41, 5.74) is 9.23. The van der Waals surface area contributed by atoms with Gasteiger partial charge in [0.1, 0.15) is 11.3 Å². The average Bonchev–Trinajstić information content (AvgIpc) is 3.16. The lowest BCUT2D eigenvalue weighted by Crippen LogP contribution is -2.49. The number of pyridine rings is 1. The third-order valence-corrected chi connectivity index (χ3v) is 5.98. The van der Waals surface area contributed by atoms with Crippen LogP contribution in [0.15, 0.2) is 36.7 Å². The molecule has 10 heteroatoms. The van der Waals surface area contributed by atoms with Gasteiger partial charge in [-0.2, -0.15) is 0 Å². The van der Waals surface area contributed by atoms with Gasteiger partial charge >= 0.3 is 6.09 Å². The quantitative estimate of drug-likeness (QED) is 0.548. The van der Waals surface area contributed by atoms with Gasteiger partial charge in [0, 0.05) is 53.0 Å². The van der Waals surface area contributed by atoms with Crippen molar-refractivity contribution in [3.8, 4) is 11.1 Å². The van der Waals surface area contributed by atoms with E-state index < -0.39 is 6.09 Å². The van der Waals surface area contributed by atoms with Gasteiger partial charge in [-0.3, -0.25) is 9.20 Å². The van der Waals surface area contributed by atoms with Gasteiger partial charge in [0.15, 0.2) is 0 Å². The monoisotopic (exact) mass is 461 g/mol. The summed E-state index contributed by atoms with van der Waals surface area (Å²) >= 11 is 12.4. The molecular formula is C21H21Cl2N5O3. The van der Waals surface area contributed by atoms with Crippen molar-refractivity contribution >= 4 is 40.8 Å². The molecule has 2 amide bonds. The van der Waals surface area contributed by atoms with Crippen LogP contribution in [0.5, 0.6) is 0 Å². The minimum atomic E-state index is -0.979. The SMILES string of the molecule is NCc1cc2ncc(C(=O)NC3CCCN(C(=O)O)C3)n2cc1-c1ccc(Cl)cc1Cl. The smallest absolute Gasteiger partial charge is 0.407 e. The summed E-state index contributed by atoms with van der Waals surface area (Å²) in [5.74, 6) is -0.321. The van der Waals surface area contributed by atoms with Crippen LogP contribution in [0.25, 0.3) is 16.8 Å². The van der Waals surface area contributed by atoms with Gasteiger partial charge in [0.2, 0.25) is 0 Å². The van der Waals surface area contributed by atoms with Gasteiger partial charge in [0.25, 0.3) is 5.91 Å². The number of halogens is 2. The Morgan fingerprint density at radius 2 is 2.06 bits per heavy atom. The molecule has 162 valence electrons. The first-order chi connectivity index (χ1) is 14.9. The molecule has 1 fully saturated rings. The van der Waals surface area contributed by atoms with E-state index in [-0.39, 0.29) is 25.0 Å². The summed E-state index contributed by atoms with van der Waals surface area (Å²) in [7, 11) is 0. The number of piperidine rings is 1. The lowest BCUT2D eigenvalue weighted by atomic mass is 10.0. The number of nitrogens with zero attached hydrogens (tertiary/aromatic N) is 3. The van der Waals surface area contributed by atoms with Crippen LogP contribution in [0.1, 0.15) is 28.9 Å². The van der Waals surface area contributed by atoms with Crippen molar-refractivity contribution < 1.29 is 14.7 Å². The lowest BCUT2D eigenvalue weighted by molar-refractivity contribution is 0.0883. The Balaban J connectivity index is 1.68. The van der Waals surface area contributed by atoms with Gasteiger partial charge < -0.3 is 21.1 Å². The molecule has 1 aromatic carbocycles. The van der Waals surface area contributed by atoms with Gasteiger partial charge in [0.05, 0.1) is 6.20 Å². The van der Waals surface area contributed by atoms with Crippen LogP contribution in [0.3, 0.4) is 0 Å². The highest BCUT2D eigenvalue weighted by Gasteiger charge is 2.26. The predicted molar refractivity (Wildman–Crippen MR) is 119 cm³/mol. The molecular weight excluding hydrogens is 441 g/mol. The third kappa shape index (κ3) is 4.32. The van der Waals surface area contributed by atoms with Crippen LogP contribution in [0.2, 0.25) is 10.0 Å². The standard InChI is InChI=1S/C21H21Cl2N5O3/c22-13-3-4-15(17(23)7-13)16-11-28-18(9-25-19(28)6-12(16)8-24)20(29)26-14-2-1-5-27(10-14)21(30)31/h3-4,6-7,9,11,14H,1-2,5,8,10,24H2,(H,26,29)(H,30,31). The molecule has 4 rings (SSSR count). The first-order valence-electron chi connectivity index (χ1n) is 9.81. The number of fused-ring (bicyclic) bond motifs is 1. The first kappa shape index (κ1) is 21.4. The van der Waals surface area contributed by atoms with Gasteiger partial charge in [-0.25, -0.2) is 9.78 Å². The molecule has 2 aromatic heterocycles. The Bertz CT molecular complexity index is 1160. The highest BCUT2D eigenvalue weighted by Crippen LogP contribution is 2.33. The van der Waals surface area contributed by atoms with E-state index in [2.05, 4.69) is 10.3 Å². The highest BCUT2D eigenvalue weighted by atomic mass is 35.5. The van der Waals surface area contributed by atoms with Crippen molar-refractivity contribution in [3.63, 3.8) is 0 Å². The van der Waals surface area contributed by atoms with E-state index in [0.717, 1.165) is 23.1 Å². The fraction of sp³-hybridized carbons (Fsp3) is 0.286. The van der Waals surface area contributed by atoms with Crippen molar-refractivity contribution in [2.45, 2.75) is 25.4 Å². The Morgan fingerprint density at radius 3 is 2.77 bits per heavy atom. The van der Waals surface area contributed by atoms with Crippen molar-refractivity contribution in [2.75, 3.05) is 13.1 Å². The first-order valence-corrected chi connectivity index (χ1v) is 10.6. The Hall–Kier alpha value is -2.81. The van der Waals surface area contributed by atoms with Crippen LogP contribution in [0, 0.1) is 0 Å². The average molecular weight is 462 g/mol. The molecule has 0 aliphatic carbocycles. The molecule has 1 aliphatic heterocycles. The van der Waals surface area contributed by atoms with Crippen LogP contribution in [0.4, 0.5) is 4.79 Å². The molecule has 0 spiro atoms. The van der Waals surface area contributed by atoms with Crippen molar-refractivity contribution in [1.82, 2.24) is 19.6 Å². The number of amides is 2. The largest absolute Gasteiger partial charge is 0.465 e. The van der Waals surface area contributed by atoms with E-state index in [0.29, 0.717) is 34.4 Å². The zero-order chi connectivity index (χ0) is 22.1. The minimum absolute atomic E-state index is 0.253. The maximum atomic E-state index is 13.0. The number of rotatable bonds is 4. The van der Waals surface area contributed by atoms with Gasteiger partial charge in [-0.15, -0.1) is 0 Å². The Labute approximate surface area is 188 Å². The van der Waals surface area contributed by atoms with Crippen LogP contribution >= 0.6 is 23.2 Å². The number of benzene rings is 1. The molecule has 1 aliphatic rings. The summed E-state index contributed by atoms with van der Waals surface area (Å²) in [6.45, 7) is 1.01. The number of hydrogen-bond donors (Lipinski definition) is 3. The maximum Gasteiger partial charge on any atom is 0.407 e. The Kier molecular flexibility index (Phi) is 6.04. The van der Waals surface area contributed by atoms with Gasteiger partial charge in [-0.1, -0.05) is 29.3 Å². The number of carboxylic acid groups (broad SMARTS) is 1. The van der Waals surface area contributed by atoms with E-state index in [4.69, 9.17) is 28.9 Å². The second-order valence-corrected chi connectivity index (χ2v) is 8.30. The Morgan fingerprint density at radius 1 is 1.26 bits per heavy atom. The van der Waals surface area contributed by atoms with E-state index in [1.54, 1.807) is 22.7 Å². The van der Waals surface area contributed by atoms with Crippen molar-refractivity contribution in [2.24, 2.45) is 5.73 Å². The number of hydrogen-bond acceptors (Lipinski definition) is 4. The van der Waals surface area contributed by atoms with Crippen LogP contribution in [-0.4, -0.2) is 50.5 Å². The summed E-state index contributed by atoms with van der Waals surface area (Å²) < 4.78 is 1.69. The number of carbonyl (C=O) groups excluding carboxylic acids is 1. The minimum Gasteiger partial charge on any atom is -0.465 e. The van der Waals surface area contributed by atoms with E-state index in [1.165, 1.54) is 11.1 Å². The predicted octanol–water partition coefficient (Wildman–Crippen LogP) is 3.64. The molecule has 1 atom stereocenters. The number of imidazole rings is 1. The maximum absolute atomic E-state index is 13.0. The van der Waals surface area contributed by atoms with E-state index in [9.17, 15) is 14.7 Å². The molecule has 0 bridgehead atoms. The normalized spacial score (nSPS) is 16.5. The number of aromatic nitrogens is 2. The molecule has 0 saturated carbocycles. The van der Waals surface area contributed by atoms with Crippen LogP contribution < -0.4 is 11.1 Å². The second-order valence-electron chi connectivity index (χ2n) is 7.45. The fourth-order valence-corrected chi connectivity index (χ4v) is 4.39. The molecule has 8 nitrogen and oxygen atoms in total. The molecule has 4 N–H and O–H groups in total. The highest BCUT2D eigenvalue weighted by molar-refractivity contribution is 6.36. The summed E-state index contributed by atoms with van der Waals surface area (Å²) in [5, 5.41) is 13.1. The van der Waals surface area contributed by atoms with Crippen molar-refractivity contribution in [3.05, 3.63) is 58.0 Å². The van der Waals surface area contributed by atoms with E-state index in [1.807, 2.05) is 12.1 Å². The molecule has 1 saturated heterocycles. The van der Waals surface area contributed by atoms with Gasteiger partial charge in [-0.05, 0) is 36.6 Å². The molecule has 0 radical (unpaired) electrons. The van der Waals surface area contributed by atoms with Crippen molar-refractivity contribution in [1.29, 1.82) is 0 Å². The number of carbonyl (C=O) groups is 2. The number of likely N-dealkylation sites (tertiary alicyclic amines) is 1. The summed E-state index contributed by atoms with van der Waals surface area (Å²) in [6.07, 6.45) is 3.72. The summed E-state index contributed by atoms with van der Waals surface area (Å²) in [4.78, 5) is 29.9. The summed E-state index contributed by atoms with van der Waals surface area (Å²) in [6, 6.07) is 6.78. The molecule has 1 unspecified atom stereocenters. The third-order valence-electron chi connectivity index (χ3n) is 5.43. The molecule has 31 heavy (non-hydrogen) atoms. The zero-order valence-corrected chi connectivity index (χ0v) is 18.0. The molecule has 3 aromatic rings. The number of nitrogens with one attached hydrogen (secondary N) is 1. The molecule has 3 heterocycles. The fourth-order valence-electron chi connectivity index (χ4n) is 3.88. The lowest BCUT2D eigenvalue weighted by Gasteiger charge is -2.31.